The molecule has 2 N–H and O–H groups in total. The van der Waals surface area contributed by atoms with Crippen LogP contribution in [0.15, 0.2) is 60.0 Å². The van der Waals surface area contributed by atoms with E-state index in [1.54, 1.807) is 17.5 Å². The van der Waals surface area contributed by atoms with Gasteiger partial charge in [-0.05, 0) is 17.7 Å². The molecule has 138 valence electrons. The van der Waals surface area contributed by atoms with Crippen molar-refractivity contribution in [1.29, 1.82) is 0 Å². The first kappa shape index (κ1) is 18.9. The lowest BCUT2D eigenvalue weighted by Crippen LogP contribution is -2.42. The van der Waals surface area contributed by atoms with Crippen molar-refractivity contribution in [3.8, 4) is 10.6 Å². The number of nitrogens with zero attached hydrogens (tertiary/aromatic N) is 1. The van der Waals surface area contributed by atoms with Gasteiger partial charge in [-0.25, -0.2) is 15.2 Å². The third-order valence-electron chi connectivity index (χ3n) is 3.57. The summed E-state index contributed by atoms with van der Waals surface area (Å²) in [5, 5.41) is 3.01. The second kappa shape index (κ2) is 9.16. The fourth-order valence-electron chi connectivity index (χ4n) is 2.21. The molecule has 0 aliphatic heterocycles. The van der Waals surface area contributed by atoms with Crippen molar-refractivity contribution >= 4 is 34.9 Å². The largest absolute Gasteiger partial charge is 0.448 e. The van der Waals surface area contributed by atoms with Gasteiger partial charge in [-0.3, -0.25) is 10.2 Å². The highest BCUT2D eigenvalue weighted by atomic mass is 35.5. The van der Waals surface area contributed by atoms with Gasteiger partial charge >= 0.3 is 6.09 Å². The Labute approximate surface area is 165 Å². The molecule has 1 aromatic heterocycles. The average Bonchev–Trinajstić information content (AvgIpc) is 3.19. The predicted molar refractivity (Wildman–Crippen MR) is 105 cm³/mol. The third-order valence-corrected chi connectivity index (χ3v) is 4.72. The second-order valence-electron chi connectivity index (χ2n) is 5.50. The van der Waals surface area contributed by atoms with E-state index < -0.39 is 12.0 Å². The second-order valence-corrected chi connectivity index (χ2v) is 6.79. The van der Waals surface area contributed by atoms with Gasteiger partial charge in [0.05, 0.1) is 6.61 Å². The molecule has 3 aromatic rings. The van der Waals surface area contributed by atoms with Crippen molar-refractivity contribution in [1.82, 2.24) is 15.8 Å². The molecule has 0 saturated carbocycles. The first-order chi connectivity index (χ1) is 13.1. The smallest absolute Gasteiger partial charge is 0.426 e. The Kier molecular flexibility index (Phi) is 6.40. The Bertz CT molecular complexity index is 913. The zero-order chi connectivity index (χ0) is 19.1. The molecule has 0 bridgehead atoms. The maximum absolute atomic E-state index is 12.1. The molecule has 2 amide bonds. The first-order valence-corrected chi connectivity index (χ1v) is 9.36. The van der Waals surface area contributed by atoms with Crippen molar-refractivity contribution in [2.45, 2.75) is 6.42 Å². The van der Waals surface area contributed by atoms with E-state index in [2.05, 4.69) is 15.8 Å². The molecule has 6 nitrogen and oxygen atoms in total. The average molecular weight is 402 g/mol. The summed E-state index contributed by atoms with van der Waals surface area (Å²) in [7, 11) is 0. The summed E-state index contributed by atoms with van der Waals surface area (Å²) in [4.78, 5) is 28.0. The van der Waals surface area contributed by atoms with Gasteiger partial charge in [-0.2, -0.15) is 0 Å². The monoisotopic (exact) mass is 401 g/mol. The zero-order valence-electron chi connectivity index (χ0n) is 14.1. The number of carbonyl (C=O) groups excluding carboxylic acids is 2. The van der Waals surface area contributed by atoms with Crippen LogP contribution in [0.5, 0.6) is 0 Å². The minimum atomic E-state index is -0.740. The van der Waals surface area contributed by atoms with Gasteiger partial charge < -0.3 is 4.74 Å². The van der Waals surface area contributed by atoms with Crippen LogP contribution in [0.3, 0.4) is 0 Å². The van der Waals surface area contributed by atoms with Crippen LogP contribution in [0.1, 0.15) is 16.1 Å². The number of thiazole rings is 1. The Morgan fingerprint density at radius 3 is 2.52 bits per heavy atom. The normalized spacial score (nSPS) is 10.3. The summed E-state index contributed by atoms with van der Waals surface area (Å²) in [5.41, 5.74) is 6.63. The fourth-order valence-corrected chi connectivity index (χ4v) is 3.14. The van der Waals surface area contributed by atoms with Crippen molar-refractivity contribution < 1.29 is 14.3 Å². The van der Waals surface area contributed by atoms with Crippen LogP contribution >= 0.6 is 22.9 Å². The molecular formula is C19H16ClN3O3S. The molecule has 0 atom stereocenters. The predicted octanol–water partition coefficient (Wildman–Crippen LogP) is 4.08. The SMILES string of the molecule is O=C(NNC(=O)c1csc(-c2ccccc2)n1)OCCc1ccc(Cl)cc1. The van der Waals surface area contributed by atoms with E-state index >= 15 is 0 Å². The summed E-state index contributed by atoms with van der Waals surface area (Å²) < 4.78 is 5.02. The molecule has 8 heteroatoms. The summed E-state index contributed by atoms with van der Waals surface area (Å²) in [6.45, 7) is 0.179. The number of rotatable bonds is 5. The third kappa shape index (κ3) is 5.54. The summed E-state index contributed by atoms with van der Waals surface area (Å²) in [6.07, 6.45) is -0.193. The van der Waals surface area contributed by atoms with E-state index in [1.165, 1.54) is 11.3 Å². The van der Waals surface area contributed by atoms with Crippen LogP contribution in [0, 0.1) is 0 Å². The molecule has 27 heavy (non-hydrogen) atoms. The topological polar surface area (TPSA) is 80.3 Å². The van der Waals surface area contributed by atoms with Crippen LogP contribution in [-0.2, 0) is 11.2 Å². The number of benzene rings is 2. The van der Waals surface area contributed by atoms with Crippen molar-refractivity contribution in [3.05, 3.63) is 76.3 Å². The van der Waals surface area contributed by atoms with E-state index in [0.29, 0.717) is 11.4 Å². The zero-order valence-corrected chi connectivity index (χ0v) is 15.7. The van der Waals surface area contributed by atoms with Crippen LogP contribution in [0.4, 0.5) is 4.79 Å². The summed E-state index contributed by atoms with van der Waals surface area (Å²) in [6, 6.07) is 16.8. The van der Waals surface area contributed by atoms with Gasteiger partial charge in [-0.15, -0.1) is 11.3 Å². The fraction of sp³-hybridized carbons (Fsp3) is 0.105. The van der Waals surface area contributed by atoms with Crippen LogP contribution in [0.25, 0.3) is 10.6 Å². The molecule has 0 unspecified atom stereocenters. The maximum atomic E-state index is 12.1. The highest BCUT2D eigenvalue weighted by Gasteiger charge is 2.13. The van der Waals surface area contributed by atoms with Gasteiger partial charge in [0.15, 0.2) is 0 Å². The molecule has 0 saturated heterocycles. The first-order valence-electron chi connectivity index (χ1n) is 8.10. The molecule has 1 heterocycles. The minimum Gasteiger partial charge on any atom is -0.448 e. The number of hydrazine groups is 1. The quantitative estimate of drug-likeness (QED) is 0.631. The molecular weight excluding hydrogens is 386 g/mol. The van der Waals surface area contributed by atoms with Crippen molar-refractivity contribution in [3.63, 3.8) is 0 Å². The van der Waals surface area contributed by atoms with Gasteiger partial charge in [0, 0.05) is 22.4 Å². The lowest BCUT2D eigenvalue weighted by Gasteiger charge is -2.07. The maximum Gasteiger partial charge on any atom is 0.426 e. The molecule has 0 radical (unpaired) electrons. The van der Waals surface area contributed by atoms with Gasteiger partial charge in [0.25, 0.3) is 5.91 Å². The summed E-state index contributed by atoms with van der Waals surface area (Å²) >= 11 is 7.17. The van der Waals surface area contributed by atoms with Gasteiger partial charge in [0.1, 0.15) is 10.7 Å². The van der Waals surface area contributed by atoms with E-state index in [-0.39, 0.29) is 12.3 Å². The molecule has 0 fully saturated rings. The number of hydrogen-bond acceptors (Lipinski definition) is 5. The number of carbonyl (C=O) groups is 2. The Morgan fingerprint density at radius 2 is 1.78 bits per heavy atom. The lowest BCUT2D eigenvalue weighted by atomic mass is 10.2. The van der Waals surface area contributed by atoms with Crippen molar-refractivity contribution in [2.24, 2.45) is 0 Å². The Balaban J connectivity index is 1.43. The van der Waals surface area contributed by atoms with Gasteiger partial charge in [-0.1, -0.05) is 54.1 Å². The molecule has 0 aliphatic rings. The highest BCUT2D eigenvalue weighted by molar-refractivity contribution is 7.13. The van der Waals surface area contributed by atoms with Crippen LogP contribution in [-0.4, -0.2) is 23.6 Å². The van der Waals surface area contributed by atoms with Crippen LogP contribution in [0.2, 0.25) is 5.02 Å². The number of ether oxygens (including phenoxy) is 1. The number of nitrogens with one attached hydrogen (secondary N) is 2. The minimum absolute atomic E-state index is 0.179. The number of halogens is 1. The van der Waals surface area contributed by atoms with Gasteiger partial charge in [0.2, 0.25) is 0 Å². The van der Waals surface area contributed by atoms with E-state index in [1.807, 2.05) is 42.5 Å². The number of aromatic nitrogens is 1. The summed E-state index contributed by atoms with van der Waals surface area (Å²) in [5.74, 6) is -0.511. The molecule has 0 aliphatic carbocycles. The van der Waals surface area contributed by atoms with E-state index in [9.17, 15) is 9.59 Å². The molecule has 0 spiro atoms. The number of amides is 2. The lowest BCUT2D eigenvalue weighted by molar-refractivity contribution is 0.0906. The number of hydrogen-bond donors (Lipinski definition) is 2. The van der Waals surface area contributed by atoms with Crippen LogP contribution < -0.4 is 10.9 Å². The van der Waals surface area contributed by atoms with Crippen molar-refractivity contribution in [2.75, 3.05) is 6.61 Å². The molecule has 2 aromatic carbocycles. The Hall–Kier alpha value is -2.90. The molecule has 3 rings (SSSR count). The van der Waals surface area contributed by atoms with E-state index in [0.717, 1.165) is 16.1 Å². The highest BCUT2D eigenvalue weighted by Crippen LogP contribution is 2.23. The Morgan fingerprint density at radius 1 is 1.04 bits per heavy atom. The van der Waals surface area contributed by atoms with E-state index in [4.69, 9.17) is 16.3 Å². The standard InChI is InChI=1S/C19H16ClN3O3S/c20-15-8-6-13(7-9-15)10-11-26-19(25)23-22-17(24)16-12-27-18(21-16)14-4-2-1-3-5-14/h1-9,12H,10-11H2,(H,22,24)(H,23,25).